The van der Waals surface area contributed by atoms with Crippen LogP contribution in [0.5, 0.6) is 0 Å². The van der Waals surface area contributed by atoms with Gasteiger partial charge >= 0.3 is 0 Å². The number of aliphatic hydroxyl groups is 1. The molecule has 1 N–H and O–H groups in total. The molecule has 2 nitrogen and oxygen atoms in total. The Morgan fingerprint density at radius 3 is 2.80 bits per heavy atom. The van der Waals surface area contributed by atoms with Crippen molar-refractivity contribution in [3.63, 3.8) is 0 Å². The number of aliphatic hydroxyl groups excluding tert-OH is 1. The van der Waals surface area contributed by atoms with Gasteiger partial charge in [-0.15, -0.1) is 0 Å². The van der Waals surface area contributed by atoms with E-state index in [0.29, 0.717) is 5.69 Å². The fraction of sp³-hybridized carbons (Fsp3) is 0.417. The highest BCUT2D eigenvalue weighted by Crippen LogP contribution is 2.28. The lowest BCUT2D eigenvalue weighted by Gasteiger charge is -2.17. The molecule has 3 heteroatoms. The maximum absolute atomic E-state index is 12.6. The lowest BCUT2D eigenvalue weighted by Crippen LogP contribution is -2.06. The monoisotopic (exact) mass is 207 g/mol. The molecule has 1 aromatic heterocycles. The second kappa shape index (κ2) is 4.53. The molecule has 0 spiro atoms. The highest BCUT2D eigenvalue weighted by Gasteiger charge is 2.16. The van der Waals surface area contributed by atoms with Crippen molar-refractivity contribution in [1.82, 2.24) is 4.98 Å². The molecule has 80 valence electrons. The number of aromatic nitrogens is 1. The van der Waals surface area contributed by atoms with E-state index >= 15 is 0 Å². The van der Waals surface area contributed by atoms with Crippen LogP contribution in [-0.2, 0) is 0 Å². The van der Waals surface area contributed by atoms with Crippen molar-refractivity contribution in [3.8, 4) is 0 Å². The fourth-order valence-electron chi connectivity index (χ4n) is 1.85. The van der Waals surface area contributed by atoms with Gasteiger partial charge in [0.2, 0.25) is 0 Å². The number of nitrogens with zero attached hydrogens (tertiary/aromatic N) is 1. The molecule has 15 heavy (non-hydrogen) atoms. The first-order chi connectivity index (χ1) is 7.27. The van der Waals surface area contributed by atoms with Crippen LogP contribution in [0, 0.1) is 5.82 Å². The average Bonchev–Trinajstić information content (AvgIpc) is 2.30. The molecule has 1 aliphatic rings. The largest absolute Gasteiger partial charge is 0.382 e. The van der Waals surface area contributed by atoms with Crippen molar-refractivity contribution < 1.29 is 9.50 Å². The third-order valence-corrected chi connectivity index (χ3v) is 2.71. The van der Waals surface area contributed by atoms with Gasteiger partial charge in [-0.2, -0.15) is 0 Å². The SMILES string of the molecule is OC(C1=CCCCC1)c1ccc(F)cn1. The number of pyridine rings is 1. The van der Waals surface area contributed by atoms with E-state index < -0.39 is 6.10 Å². The Morgan fingerprint density at radius 2 is 2.20 bits per heavy atom. The van der Waals surface area contributed by atoms with Crippen LogP contribution >= 0.6 is 0 Å². The molecule has 1 aromatic rings. The van der Waals surface area contributed by atoms with Crippen molar-refractivity contribution in [2.75, 3.05) is 0 Å². The summed E-state index contributed by atoms with van der Waals surface area (Å²) in [7, 11) is 0. The van der Waals surface area contributed by atoms with Gasteiger partial charge in [0.25, 0.3) is 0 Å². The third-order valence-electron chi connectivity index (χ3n) is 2.71. The third kappa shape index (κ3) is 2.42. The Hall–Kier alpha value is -1.22. The molecule has 0 saturated heterocycles. The summed E-state index contributed by atoms with van der Waals surface area (Å²) in [5.74, 6) is -0.372. The van der Waals surface area contributed by atoms with E-state index in [1.807, 2.05) is 0 Å². The van der Waals surface area contributed by atoms with Gasteiger partial charge in [0.15, 0.2) is 0 Å². The van der Waals surface area contributed by atoms with Crippen molar-refractivity contribution in [3.05, 3.63) is 41.5 Å². The molecule has 0 aromatic carbocycles. The first kappa shape index (κ1) is 10.3. The van der Waals surface area contributed by atoms with Crippen molar-refractivity contribution in [2.24, 2.45) is 0 Å². The number of hydrogen-bond acceptors (Lipinski definition) is 2. The quantitative estimate of drug-likeness (QED) is 0.756. The summed E-state index contributed by atoms with van der Waals surface area (Å²) in [4.78, 5) is 3.89. The zero-order valence-corrected chi connectivity index (χ0v) is 8.49. The lowest BCUT2D eigenvalue weighted by atomic mass is 9.94. The van der Waals surface area contributed by atoms with Gasteiger partial charge in [-0.1, -0.05) is 6.08 Å². The summed E-state index contributed by atoms with van der Waals surface area (Å²) >= 11 is 0. The number of hydrogen-bond donors (Lipinski definition) is 1. The number of allylic oxidation sites excluding steroid dienone is 1. The summed E-state index contributed by atoms with van der Waals surface area (Å²) in [5, 5.41) is 9.98. The summed E-state index contributed by atoms with van der Waals surface area (Å²) in [6.45, 7) is 0. The molecule has 1 atom stereocenters. The van der Waals surface area contributed by atoms with Gasteiger partial charge in [0.05, 0.1) is 11.9 Å². The smallest absolute Gasteiger partial charge is 0.141 e. The first-order valence-electron chi connectivity index (χ1n) is 5.26. The van der Waals surface area contributed by atoms with Gasteiger partial charge in [-0.25, -0.2) is 4.39 Å². The molecular weight excluding hydrogens is 193 g/mol. The zero-order valence-electron chi connectivity index (χ0n) is 8.49. The van der Waals surface area contributed by atoms with Crippen LogP contribution in [0.1, 0.15) is 37.5 Å². The molecule has 0 aliphatic heterocycles. The van der Waals surface area contributed by atoms with Gasteiger partial charge in [0.1, 0.15) is 11.9 Å². The van der Waals surface area contributed by atoms with Crippen LogP contribution in [0.2, 0.25) is 0 Å². The van der Waals surface area contributed by atoms with Crippen LogP contribution in [0.15, 0.2) is 30.0 Å². The molecule has 0 amide bonds. The second-order valence-corrected chi connectivity index (χ2v) is 3.83. The minimum absolute atomic E-state index is 0.372. The van der Waals surface area contributed by atoms with E-state index in [9.17, 15) is 9.50 Å². The lowest BCUT2D eigenvalue weighted by molar-refractivity contribution is 0.203. The van der Waals surface area contributed by atoms with Crippen LogP contribution in [0.25, 0.3) is 0 Å². The Morgan fingerprint density at radius 1 is 1.33 bits per heavy atom. The Bertz CT molecular complexity index is 358. The molecule has 1 heterocycles. The van der Waals surface area contributed by atoms with E-state index in [1.165, 1.54) is 18.6 Å². The van der Waals surface area contributed by atoms with Crippen molar-refractivity contribution in [2.45, 2.75) is 31.8 Å². The maximum Gasteiger partial charge on any atom is 0.141 e. The van der Waals surface area contributed by atoms with Gasteiger partial charge in [0, 0.05) is 0 Å². The topological polar surface area (TPSA) is 33.1 Å². The van der Waals surface area contributed by atoms with Crippen molar-refractivity contribution in [1.29, 1.82) is 0 Å². The summed E-state index contributed by atoms with van der Waals surface area (Å²) < 4.78 is 12.6. The first-order valence-corrected chi connectivity index (χ1v) is 5.26. The molecule has 0 fully saturated rings. The zero-order chi connectivity index (χ0) is 10.7. The molecule has 0 saturated carbocycles. The van der Waals surface area contributed by atoms with E-state index in [-0.39, 0.29) is 5.82 Å². The van der Waals surface area contributed by atoms with Crippen LogP contribution < -0.4 is 0 Å². The predicted molar refractivity (Wildman–Crippen MR) is 55.7 cm³/mol. The standard InChI is InChI=1S/C12H14FNO/c13-10-6-7-11(14-8-10)12(15)9-4-2-1-3-5-9/h4,6-8,12,15H,1-3,5H2. The molecule has 2 rings (SSSR count). The van der Waals surface area contributed by atoms with Gasteiger partial charge in [-0.05, 0) is 43.4 Å². The fourth-order valence-corrected chi connectivity index (χ4v) is 1.85. The second-order valence-electron chi connectivity index (χ2n) is 3.83. The van der Waals surface area contributed by atoms with Crippen LogP contribution in [0.4, 0.5) is 4.39 Å². The van der Waals surface area contributed by atoms with E-state index in [4.69, 9.17) is 0 Å². The minimum Gasteiger partial charge on any atom is -0.382 e. The Kier molecular flexibility index (Phi) is 3.11. The van der Waals surface area contributed by atoms with Gasteiger partial charge < -0.3 is 5.11 Å². The van der Waals surface area contributed by atoms with E-state index in [1.54, 1.807) is 0 Å². The Balaban J connectivity index is 2.16. The normalized spacial score (nSPS) is 18.4. The van der Waals surface area contributed by atoms with Crippen LogP contribution in [0.3, 0.4) is 0 Å². The maximum atomic E-state index is 12.6. The molecular formula is C12H14FNO. The van der Waals surface area contributed by atoms with E-state index in [0.717, 1.165) is 31.0 Å². The number of rotatable bonds is 2. The molecule has 1 unspecified atom stereocenters. The predicted octanol–water partition coefficient (Wildman–Crippen LogP) is 2.75. The highest BCUT2D eigenvalue weighted by molar-refractivity contribution is 5.21. The summed E-state index contributed by atoms with van der Waals surface area (Å²) in [6.07, 6.45) is 6.79. The summed E-state index contributed by atoms with van der Waals surface area (Å²) in [5.41, 5.74) is 1.55. The van der Waals surface area contributed by atoms with E-state index in [2.05, 4.69) is 11.1 Å². The summed E-state index contributed by atoms with van der Waals surface area (Å²) in [6, 6.07) is 2.87. The molecule has 0 radical (unpaired) electrons. The van der Waals surface area contributed by atoms with Crippen LogP contribution in [-0.4, -0.2) is 10.1 Å². The number of halogens is 1. The van der Waals surface area contributed by atoms with Crippen molar-refractivity contribution >= 4 is 0 Å². The highest BCUT2D eigenvalue weighted by atomic mass is 19.1. The van der Waals surface area contributed by atoms with Gasteiger partial charge in [-0.3, -0.25) is 4.98 Å². The average molecular weight is 207 g/mol. The minimum atomic E-state index is -0.661. The molecule has 0 bridgehead atoms. The Labute approximate surface area is 88.5 Å². The molecule has 1 aliphatic carbocycles.